The summed E-state index contributed by atoms with van der Waals surface area (Å²) < 4.78 is 32.5. The second-order valence-corrected chi connectivity index (χ2v) is 21.8. The van der Waals surface area contributed by atoms with Crippen LogP contribution in [-0.2, 0) is 27.7 Å². The van der Waals surface area contributed by atoms with Gasteiger partial charge in [-0.25, -0.2) is 0 Å². The van der Waals surface area contributed by atoms with Gasteiger partial charge in [-0.15, -0.1) is 0 Å². The van der Waals surface area contributed by atoms with Gasteiger partial charge in [0.2, 0.25) is 0 Å². The first-order valence-electron chi connectivity index (χ1n) is 24.9. The first kappa shape index (κ1) is 51.2. The van der Waals surface area contributed by atoms with Crippen LogP contribution in [0.5, 0.6) is 11.5 Å². The lowest BCUT2D eigenvalue weighted by Crippen LogP contribution is -2.43. The molecule has 6 aromatic carbocycles. The molecule has 6 aromatic rings. The zero-order valence-corrected chi connectivity index (χ0v) is 43.1. The average molecular weight is 983 g/mol. The Kier molecular flexibility index (Phi) is 16.8. The van der Waals surface area contributed by atoms with E-state index in [4.69, 9.17) is 9.29 Å². The Labute approximate surface area is 420 Å². The van der Waals surface area contributed by atoms with Crippen molar-refractivity contribution in [2.45, 2.75) is 105 Å². The Bertz CT molecular complexity index is 2690. The predicted octanol–water partition coefficient (Wildman–Crippen LogP) is 11.8. The van der Waals surface area contributed by atoms with Gasteiger partial charge in [-0.05, 0) is 136 Å². The number of phenolic OH excluding ortho intramolecular Hbond substituents is 2. The molecule has 5 atom stereocenters. The zero-order valence-electron chi connectivity index (χ0n) is 41.5. The minimum absolute atomic E-state index is 0.0163. The van der Waals surface area contributed by atoms with Crippen LogP contribution >= 0.6 is 11.8 Å². The van der Waals surface area contributed by atoms with E-state index in [2.05, 4.69) is 182 Å². The fraction of sp³-hybridized carbons (Fsp3) is 0.379. The van der Waals surface area contributed by atoms with Crippen LogP contribution in [0.1, 0.15) is 86.4 Å². The normalized spacial score (nSPS) is 20.3. The number of fused-ring (bicyclic) bond motifs is 6. The van der Waals surface area contributed by atoms with Crippen LogP contribution in [0.25, 0.3) is 11.1 Å². The Balaban J connectivity index is 0.000000135. The molecule has 0 spiro atoms. The zero-order chi connectivity index (χ0) is 49.5. The molecule has 0 aromatic heterocycles. The molecule has 3 N–H and O–H groups in total. The van der Waals surface area contributed by atoms with Gasteiger partial charge in [-0.3, -0.25) is 14.4 Å². The summed E-state index contributed by atoms with van der Waals surface area (Å²) in [7, 11) is 0.778. The molecule has 11 rings (SSSR count). The van der Waals surface area contributed by atoms with Crippen LogP contribution < -0.4 is 4.90 Å². The Morgan fingerprint density at radius 1 is 0.729 bits per heavy atom. The number of hydrogen-bond donors (Lipinski definition) is 3. The molecule has 0 radical (unpaired) electrons. The van der Waals surface area contributed by atoms with Crippen molar-refractivity contribution in [1.29, 1.82) is 0 Å². The topological polar surface area (TPSA) is 117 Å². The maximum atomic E-state index is 10.3. The number of phenols is 2. The standard InChI is InChI=1S/C21H25NO.C19H24N2S.C17H17NO2.CH4O3S/c1-22-18-12-13-19(22)15-20(14-18)23-21(16-8-4-2-5-9-16)17-10-6-3-7-11-17;1-4-20(5-2)15(3)14-21-16-10-6-8-12-18(16)22-19-13-9-7-11-17(19)21;1-18-8-7-10-3-2-4-12-15(10)13(18)9-11-5-6-14(19)17(20)16(11)12;1-5(2,3)4/h2-11,18-21H,12-15H2,1H3;6-13,15H,4-5,14H2,1-3H3;2-6,13,19-20H,7-9H2,1H3;1H3,(H,2,3,4)/t18-,19+,20?;;13-;/m..1./s1. The van der Waals surface area contributed by atoms with Gasteiger partial charge in [0.15, 0.2) is 11.5 Å². The molecular weight excluding hydrogens is 913 g/mol. The van der Waals surface area contributed by atoms with Crippen LogP contribution in [0, 0.1) is 0 Å². The quantitative estimate of drug-likeness (QED) is 0.0950. The van der Waals surface area contributed by atoms with Crippen LogP contribution in [0.4, 0.5) is 11.4 Å². The Morgan fingerprint density at radius 2 is 1.27 bits per heavy atom. The molecule has 70 heavy (non-hydrogen) atoms. The third-order valence-electron chi connectivity index (χ3n) is 14.7. The molecule has 4 heterocycles. The van der Waals surface area contributed by atoms with Gasteiger partial charge in [0, 0.05) is 52.6 Å². The minimum atomic E-state index is -3.67. The van der Waals surface area contributed by atoms with E-state index in [1.54, 1.807) is 6.07 Å². The van der Waals surface area contributed by atoms with Gasteiger partial charge >= 0.3 is 0 Å². The van der Waals surface area contributed by atoms with Gasteiger partial charge < -0.3 is 24.7 Å². The molecule has 0 amide bonds. The molecule has 1 aliphatic carbocycles. The molecule has 370 valence electrons. The largest absolute Gasteiger partial charge is 0.504 e. The number of rotatable bonds is 9. The van der Waals surface area contributed by atoms with E-state index in [-0.39, 0.29) is 17.6 Å². The molecule has 2 fully saturated rings. The average Bonchev–Trinajstić information content (AvgIpc) is 3.55. The highest BCUT2D eigenvalue weighted by Gasteiger charge is 2.40. The second kappa shape index (κ2) is 22.9. The number of nitrogens with zero attached hydrogens (tertiary/aromatic N) is 4. The van der Waals surface area contributed by atoms with E-state index in [9.17, 15) is 18.6 Å². The fourth-order valence-corrected chi connectivity index (χ4v) is 12.2. The number of ether oxygens (including phenoxy) is 1. The van der Waals surface area contributed by atoms with Crippen LogP contribution in [0.3, 0.4) is 0 Å². The SMILES string of the molecule is CCN(CC)C(C)CN1c2ccccc2Sc2ccccc21.CN1CCc2cccc3c2[C@H]1Cc1ccc(O)c(O)c1-3.CN1[C@@H]2CC[C@H]1CC(OC(c1ccccc1)c1ccccc1)C2.CS(=O)(=O)O. The Morgan fingerprint density at radius 3 is 1.83 bits per heavy atom. The van der Waals surface area contributed by atoms with Gasteiger partial charge in [-0.1, -0.05) is 135 Å². The summed E-state index contributed by atoms with van der Waals surface area (Å²) in [6.45, 7) is 11.1. The highest BCUT2D eigenvalue weighted by Crippen LogP contribution is 2.51. The number of para-hydroxylation sites is 2. The molecule has 2 saturated heterocycles. The first-order valence-corrected chi connectivity index (χ1v) is 27.5. The summed E-state index contributed by atoms with van der Waals surface area (Å²) in [5.74, 6) is -0.0217. The fourth-order valence-electron chi connectivity index (χ4n) is 11.1. The van der Waals surface area contributed by atoms with Crippen molar-refractivity contribution in [2.75, 3.05) is 51.4 Å². The number of aromatic hydroxyl groups is 2. The monoisotopic (exact) mass is 982 g/mol. The molecule has 2 unspecified atom stereocenters. The lowest BCUT2D eigenvalue weighted by Gasteiger charge is -2.39. The molecule has 0 saturated carbocycles. The van der Waals surface area contributed by atoms with Gasteiger partial charge in [0.1, 0.15) is 6.10 Å². The molecular formula is C58H70N4O6S2. The van der Waals surface area contributed by atoms with Gasteiger partial charge in [0.25, 0.3) is 10.1 Å². The maximum absolute atomic E-state index is 10.3. The number of benzene rings is 6. The summed E-state index contributed by atoms with van der Waals surface area (Å²) in [5, 5.41) is 20.1. The molecule has 5 aliphatic rings. The smallest absolute Gasteiger partial charge is 0.261 e. The van der Waals surface area contributed by atoms with Crippen molar-refractivity contribution >= 4 is 33.3 Å². The van der Waals surface area contributed by atoms with Crippen molar-refractivity contribution < 1.29 is 27.9 Å². The maximum Gasteiger partial charge on any atom is 0.261 e. The van der Waals surface area contributed by atoms with Crippen molar-refractivity contribution in [3.05, 3.63) is 167 Å². The number of likely N-dealkylation sites (N-methyl/N-ethyl adjacent to an activating group) is 2. The van der Waals surface area contributed by atoms with Crippen molar-refractivity contribution in [1.82, 2.24) is 14.7 Å². The number of anilines is 2. The first-order chi connectivity index (χ1) is 33.7. The van der Waals surface area contributed by atoms with Gasteiger partial charge in [-0.2, -0.15) is 8.42 Å². The summed E-state index contributed by atoms with van der Waals surface area (Å²) in [5.41, 5.74) is 10.9. The molecule has 12 heteroatoms. The highest BCUT2D eigenvalue weighted by atomic mass is 32.2. The van der Waals surface area contributed by atoms with Crippen LogP contribution in [-0.4, -0.2) is 109 Å². The van der Waals surface area contributed by atoms with Crippen molar-refractivity contribution in [2.24, 2.45) is 0 Å². The lowest BCUT2D eigenvalue weighted by molar-refractivity contribution is -0.0426. The van der Waals surface area contributed by atoms with E-state index < -0.39 is 10.1 Å². The third kappa shape index (κ3) is 11.9. The minimum Gasteiger partial charge on any atom is -0.504 e. The number of hydrogen-bond acceptors (Lipinski definition) is 10. The van der Waals surface area contributed by atoms with E-state index >= 15 is 0 Å². The van der Waals surface area contributed by atoms with Crippen LogP contribution in [0.15, 0.2) is 149 Å². The van der Waals surface area contributed by atoms with Crippen molar-refractivity contribution in [3.8, 4) is 22.6 Å². The van der Waals surface area contributed by atoms with E-state index in [0.717, 1.165) is 55.7 Å². The third-order valence-corrected chi connectivity index (χ3v) is 15.9. The predicted molar refractivity (Wildman–Crippen MR) is 285 cm³/mol. The van der Waals surface area contributed by atoms with E-state index in [1.165, 1.54) is 69.1 Å². The van der Waals surface area contributed by atoms with E-state index in [0.29, 0.717) is 36.5 Å². The van der Waals surface area contributed by atoms with Gasteiger partial charge in [0.05, 0.1) is 23.7 Å². The Hall–Kier alpha value is -5.18. The summed E-state index contributed by atoms with van der Waals surface area (Å²) in [6.07, 6.45) is 8.08. The lowest BCUT2D eigenvalue weighted by atomic mass is 9.77. The molecule has 4 aliphatic heterocycles. The van der Waals surface area contributed by atoms with Crippen molar-refractivity contribution in [3.63, 3.8) is 0 Å². The highest BCUT2D eigenvalue weighted by molar-refractivity contribution is 7.99. The summed E-state index contributed by atoms with van der Waals surface area (Å²) in [6, 6.07) is 50.9. The molecule has 2 bridgehead atoms. The van der Waals surface area contributed by atoms with E-state index in [1.807, 2.05) is 17.8 Å². The number of piperidine rings is 1. The summed E-state index contributed by atoms with van der Waals surface area (Å²) >= 11 is 1.88. The van der Waals surface area contributed by atoms with Crippen LogP contribution in [0.2, 0.25) is 0 Å². The summed E-state index contributed by atoms with van der Waals surface area (Å²) in [4.78, 5) is 12.7. The second-order valence-electron chi connectivity index (χ2n) is 19.2. The molecule has 10 nitrogen and oxygen atoms in total.